The summed E-state index contributed by atoms with van der Waals surface area (Å²) in [6.07, 6.45) is 5.27. The molecule has 0 aromatic carbocycles. The van der Waals surface area contributed by atoms with Crippen LogP contribution in [0.4, 0.5) is 5.69 Å². The minimum atomic E-state index is 0.250. The van der Waals surface area contributed by atoms with Gasteiger partial charge in [0.1, 0.15) is 4.83 Å². The molecule has 5 heteroatoms. The van der Waals surface area contributed by atoms with Gasteiger partial charge in [0.15, 0.2) is 0 Å². The fourth-order valence-corrected chi connectivity index (χ4v) is 3.76. The van der Waals surface area contributed by atoms with Crippen molar-refractivity contribution in [2.24, 2.45) is 0 Å². The van der Waals surface area contributed by atoms with E-state index in [-0.39, 0.29) is 6.15 Å². The number of aryl methyl sites for hydroxylation is 3. The Bertz CT molecular complexity index is 613. The third-order valence-electron chi connectivity index (χ3n) is 3.08. The number of carbonyl (C=O) groups excluding carboxylic acids is 2. The van der Waals surface area contributed by atoms with Crippen LogP contribution in [0.2, 0.25) is 0 Å². The molecule has 2 N–H and O–H groups in total. The molecule has 0 atom stereocenters. The number of nitrogens with zero attached hydrogens (tertiary/aromatic N) is 1. The molecule has 0 amide bonds. The fraction of sp³-hybridized carbons (Fsp3) is 0.385. The summed E-state index contributed by atoms with van der Waals surface area (Å²) in [6.45, 7) is 2.01. The summed E-state index contributed by atoms with van der Waals surface area (Å²) in [5.41, 5.74) is 9.51. The number of anilines is 1. The summed E-state index contributed by atoms with van der Waals surface area (Å²) >= 11 is 1.84. The zero-order valence-electron chi connectivity index (χ0n) is 10.2. The van der Waals surface area contributed by atoms with Crippen molar-refractivity contribution in [2.75, 3.05) is 5.73 Å². The summed E-state index contributed by atoms with van der Waals surface area (Å²) in [7, 11) is 0. The second-order valence-corrected chi connectivity index (χ2v) is 5.41. The first-order valence-electron chi connectivity index (χ1n) is 5.84. The second-order valence-electron chi connectivity index (χ2n) is 4.33. The number of rotatable bonds is 0. The number of thiophene rings is 1. The van der Waals surface area contributed by atoms with Crippen LogP contribution in [0.5, 0.6) is 0 Å². The van der Waals surface area contributed by atoms with Gasteiger partial charge in [-0.1, -0.05) is 0 Å². The van der Waals surface area contributed by atoms with Gasteiger partial charge in [-0.2, -0.15) is 9.59 Å². The van der Waals surface area contributed by atoms with Gasteiger partial charge >= 0.3 is 6.15 Å². The molecule has 4 nitrogen and oxygen atoms in total. The Hall–Kier alpha value is -1.71. The first-order chi connectivity index (χ1) is 8.67. The van der Waals surface area contributed by atoms with E-state index < -0.39 is 0 Å². The van der Waals surface area contributed by atoms with Gasteiger partial charge in [-0.15, -0.1) is 11.3 Å². The second kappa shape index (κ2) is 5.29. The molecule has 1 aliphatic rings. The van der Waals surface area contributed by atoms with E-state index in [1.165, 1.54) is 41.5 Å². The lowest BCUT2D eigenvalue weighted by Gasteiger charge is -2.10. The first-order valence-corrected chi connectivity index (χ1v) is 6.65. The highest BCUT2D eigenvalue weighted by Crippen LogP contribution is 2.38. The summed E-state index contributed by atoms with van der Waals surface area (Å²) < 4.78 is 0. The highest BCUT2D eigenvalue weighted by Gasteiger charge is 2.18. The molecule has 2 aromatic rings. The lowest BCUT2D eigenvalue weighted by atomic mass is 9.96. The van der Waals surface area contributed by atoms with Crippen molar-refractivity contribution in [3.63, 3.8) is 0 Å². The van der Waals surface area contributed by atoms with Crippen LogP contribution in [0.25, 0.3) is 10.2 Å². The number of pyridine rings is 1. The summed E-state index contributed by atoms with van der Waals surface area (Å²) in [5.74, 6) is 0. The van der Waals surface area contributed by atoms with E-state index in [4.69, 9.17) is 15.3 Å². The van der Waals surface area contributed by atoms with Gasteiger partial charge in [0.2, 0.25) is 0 Å². The smallest absolute Gasteiger partial charge is 0.373 e. The van der Waals surface area contributed by atoms with Crippen molar-refractivity contribution >= 4 is 33.4 Å². The van der Waals surface area contributed by atoms with Crippen molar-refractivity contribution < 1.29 is 9.59 Å². The number of hydrogen-bond acceptors (Lipinski definition) is 5. The number of hydrogen-bond donors (Lipinski definition) is 1. The molecule has 2 aromatic heterocycles. The maximum absolute atomic E-state index is 8.12. The van der Waals surface area contributed by atoms with Gasteiger partial charge in [-0.05, 0) is 44.2 Å². The van der Waals surface area contributed by atoms with E-state index >= 15 is 0 Å². The molecule has 1 aliphatic carbocycles. The van der Waals surface area contributed by atoms with E-state index in [1.54, 1.807) is 0 Å². The Morgan fingerprint density at radius 3 is 2.72 bits per heavy atom. The van der Waals surface area contributed by atoms with E-state index in [1.807, 2.05) is 24.3 Å². The summed E-state index contributed by atoms with van der Waals surface area (Å²) in [4.78, 5) is 23.5. The molecule has 18 heavy (non-hydrogen) atoms. The lowest BCUT2D eigenvalue weighted by molar-refractivity contribution is -0.191. The van der Waals surface area contributed by atoms with E-state index in [9.17, 15) is 0 Å². The zero-order chi connectivity index (χ0) is 13.1. The van der Waals surface area contributed by atoms with Crippen molar-refractivity contribution in [3.05, 3.63) is 22.2 Å². The van der Waals surface area contributed by atoms with E-state index in [0.717, 1.165) is 16.2 Å². The van der Waals surface area contributed by atoms with Gasteiger partial charge < -0.3 is 5.73 Å². The Kier molecular flexibility index (Phi) is 3.75. The molecule has 0 saturated carbocycles. The van der Waals surface area contributed by atoms with E-state index in [2.05, 4.69) is 4.98 Å². The number of aromatic nitrogens is 1. The molecule has 0 saturated heterocycles. The Morgan fingerprint density at radius 1 is 1.33 bits per heavy atom. The molecule has 0 aliphatic heterocycles. The molecular formula is C13H14N2O2S. The van der Waals surface area contributed by atoms with Crippen LogP contribution in [0, 0.1) is 6.92 Å². The maximum atomic E-state index is 8.12. The number of fused-ring (bicyclic) bond motifs is 3. The molecule has 3 rings (SSSR count). The molecule has 0 bridgehead atoms. The average Bonchev–Trinajstić information content (AvgIpc) is 2.67. The van der Waals surface area contributed by atoms with Crippen molar-refractivity contribution in [3.8, 4) is 0 Å². The first kappa shape index (κ1) is 12.7. The van der Waals surface area contributed by atoms with Crippen LogP contribution < -0.4 is 5.73 Å². The number of nitrogen functional groups attached to an aromatic ring is 1. The van der Waals surface area contributed by atoms with Crippen LogP contribution in [0.3, 0.4) is 0 Å². The Balaban J connectivity index is 0.000000367. The Labute approximate surface area is 109 Å². The summed E-state index contributed by atoms with van der Waals surface area (Å²) in [6, 6.07) is 1.99. The standard InChI is InChI=1S/C12H14N2S.CO2/c1-7-6-9(13)11-8-4-2-3-5-10(8)15-12(11)14-7;2-1-3/h6H,2-5H2,1H3,(H2,13,14);. The SMILES string of the molecule is Cc1cc(N)c2c3c(sc2n1)CCCC3.O=C=O. The van der Waals surface area contributed by atoms with Crippen molar-refractivity contribution in [1.82, 2.24) is 4.98 Å². The van der Waals surface area contributed by atoms with Crippen LogP contribution in [0.1, 0.15) is 29.0 Å². The largest absolute Gasteiger partial charge is 0.398 e. The van der Waals surface area contributed by atoms with Crippen LogP contribution >= 0.6 is 11.3 Å². The maximum Gasteiger partial charge on any atom is 0.373 e. The third kappa shape index (κ3) is 2.28. The highest BCUT2D eigenvalue weighted by molar-refractivity contribution is 7.19. The topological polar surface area (TPSA) is 73.0 Å². The lowest BCUT2D eigenvalue weighted by Crippen LogP contribution is -1.99. The van der Waals surface area contributed by atoms with Crippen molar-refractivity contribution in [1.29, 1.82) is 0 Å². The van der Waals surface area contributed by atoms with Crippen molar-refractivity contribution in [2.45, 2.75) is 32.6 Å². The van der Waals surface area contributed by atoms with Gasteiger partial charge in [0.25, 0.3) is 0 Å². The van der Waals surface area contributed by atoms with Crippen LogP contribution in [0.15, 0.2) is 6.07 Å². The van der Waals surface area contributed by atoms with Gasteiger partial charge in [0.05, 0.1) is 0 Å². The molecule has 0 spiro atoms. The molecule has 94 valence electrons. The van der Waals surface area contributed by atoms with Crippen LogP contribution in [-0.4, -0.2) is 11.1 Å². The number of nitrogens with two attached hydrogens (primary N) is 1. The molecule has 0 fully saturated rings. The summed E-state index contributed by atoms with van der Waals surface area (Å²) in [5, 5.41) is 1.24. The predicted octanol–water partition coefficient (Wildman–Crippen LogP) is 2.48. The molecule has 2 heterocycles. The minimum Gasteiger partial charge on any atom is -0.398 e. The fourth-order valence-electron chi connectivity index (χ4n) is 2.42. The predicted molar refractivity (Wildman–Crippen MR) is 70.4 cm³/mol. The quantitative estimate of drug-likeness (QED) is 0.791. The normalized spacial score (nSPS) is 13.4. The van der Waals surface area contributed by atoms with Gasteiger partial charge in [0, 0.05) is 21.6 Å². The average molecular weight is 262 g/mol. The van der Waals surface area contributed by atoms with Crippen LogP contribution in [-0.2, 0) is 22.4 Å². The minimum absolute atomic E-state index is 0.250. The molecule has 0 unspecified atom stereocenters. The third-order valence-corrected chi connectivity index (χ3v) is 4.27. The van der Waals surface area contributed by atoms with Gasteiger partial charge in [-0.25, -0.2) is 4.98 Å². The molecular weight excluding hydrogens is 248 g/mol. The monoisotopic (exact) mass is 262 g/mol. The molecule has 0 radical (unpaired) electrons. The zero-order valence-corrected chi connectivity index (χ0v) is 11.0. The highest BCUT2D eigenvalue weighted by atomic mass is 32.1. The van der Waals surface area contributed by atoms with E-state index in [0.29, 0.717) is 0 Å². The van der Waals surface area contributed by atoms with Gasteiger partial charge in [-0.3, -0.25) is 0 Å². The Morgan fingerprint density at radius 2 is 2.00 bits per heavy atom.